The molecular weight excluding hydrogens is 284 g/mol. The third kappa shape index (κ3) is 7.36. The molecular formula is C13H19BrO3. The molecule has 1 aromatic rings. The molecule has 0 saturated heterocycles. The molecule has 96 valence electrons. The number of hydrogen-bond acceptors (Lipinski definition) is 3. The highest BCUT2D eigenvalue weighted by Gasteiger charge is 1.94. The van der Waals surface area contributed by atoms with E-state index < -0.39 is 0 Å². The lowest BCUT2D eigenvalue weighted by Crippen LogP contribution is -2.11. The van der Waals surface area contributed by atoms with Gasteiger partial charge in [-0.05, 0) is 30.7 Å². The monoisotopic (exact) mass is 302 g/mol. The van der Waals surface area contributed by atoms with E-state index in [4.69, 9.17) is 14.2 Å². The number of benzene rings is 1. The molecule has 1 aromatic carbocycles. The van der Waals surface area contributed by atoms with Crippen molar-refractivity contribution in [2.45, 2.75) is 13.3 Å². The molecule has 0 aliphatic rings. The van der Waals surface area contributed by atoms with Gasteiger partial charge in [-0.3, -0.25) is 0 Å². The Morgan fingerprint density at radius 2 is 1.47 bits per heavy atom. The Balaban J connectivity index is 1.95. The first kappa shape index (κ1) is 14.5. The molecule has 0 heterocycles. The van der Waals surface area contributed by atoms with E-state index in [0.29, 0.717) is 26.4 Å². The fourth-order valence-corrected chi connectivity index (χ4v) is 1.48. The molecule has 0 aliphatic heterocycles. The van der Waals surface area contributed by atoms with Crippen LogP contribution in [-0.2, 0) is 9.47 Å². The summed E-state index contributed by atoms with van der Waals surface area (Å²) in [6, 6.07) is 7.76. The summed E-state index contributed by atoms with van der Waals surface area (Å²) in [5.41, 5.74) is 0. The summed E-state index contributed by atoms with van der Waals surface area (Å²) >= 11 is 3.37. The predicted octanol–water partition coefficient (Wildman–Crippen LogP) is 3.27. The van der Waals surface area contributed by atoms with Crippen molar-refractivity contribution >= 4 is 15.9 Å². The van der Waals surface area contributed by atoms with Crippen molar-refractivity contribution in [2.24, 2.45) is 0 Å². The lowest BCUT2D eigenvalue weighted by atomic mass is 10.3. The molecule has 0 saturated carbocycles. The minimum atomic E-state index is 0.565. The Hall–Kier alpha value is -0.580. The van der Waals surface area contributed by atoms with Gasteiger partial charge in [0.1, 0.15) is 12.4 Å². The lowest BCUT2D eigenvalue weighted by molar-refractivity contribution is 0.0366. The zero-order valence-electron chi connectivity index (χ0n) is 10.2. The second-order valence-electron chi connectivity index (χ2n) is 3.53. The SMILES string of the molecule is CCCOCCOCCOc1ccc(Br)cc1. The molecule has 0 aromatic heterocycles. The molecule has 17 heavy (non-hydrogen) atoms. The Morgan fingerprint density at radius 1 is 0.882 bits per heavy atom. The average Bonchev–Trinajstić information content (AvgIpc) is 2.35. The maximum absolute atomic E-state index is 5.50. The number of rotatable bonds is 9. The molecule has 0 aliphatic carbocycles. The highest BCUT2D eigenvalue weighted by atomic mass is 79.9. The van der Waals surface area contributed by atoms with E-state index in [2.05, 4.69) is 22.9 Å². The second-order valence-corrected chi connectivity index (χ2v) is 4.44. The minimum absolute atomic E-state index is 0.565. The summed E-state index contributed by atoms with van der Waals surface area (Å²) < 4.78 is 17.2. The Kier molecular flexibility index (Phi) is 8.05. The van der Waals surface area contributed by atoms with E-state index in [0.717, 1.165) is 23.2 Å². The Morgan fingerprint density at radius 3 is 2.12 bits per heavy atom. The second kappa shape index (κ2) is 9.45. The fourth-order valence-electron chi connectivity index (χ4n) is 1.22. The molecule has 0 radical (unpaired) electrons. The first-order valence-electron chi connectivity index (χ1n) is 5.86. The zero-order chi connectivity index (χ0) is 12.3. The van der Waals surface area contributed by atoms with Gasteiger partial charge in [-0.1, -0.05) is 22.9 Å². The number of ether oxygens (including phenoxy) is 3. The van der Waals surface area contributed by atoms with Crippen molar-refractivity contribution in [3.05, 3.63) is 28.7 Å². The van der Waals surface area contributed by atoms with Crippen LogP contribution in [0.1, 0.15) is 13.3 Å². The summed E-state index contributed by atoms with van der Waals surface area (Å²) in [5.74, 6) is 0.860. The van der Waals surface area contributed by atoms with Gasteiger partial charge in [0.2, 0.25) is 0 Å². The van der Waals surface area contributed by atoms with E-state index in [9.17, 15) is 0 Å². The lowest BCUT2D eigenvalue weighted by Gasteiger charge is -2.07. The molecule has 0 atom stereocenters. The van der Waals surface area contributed by atoms with Gasteiger partial charge in [0, 0.05) is 11.1 Å². The highest BCUT2D eigenvalue weighted by molar-refractivity contribution is 9.10. The zero-order valence-corrected chi connectivity index (χ0v) is 11.7. The first-order chi connectivity index (χ1) is 8.33. The fraction of sp³-hybridized carbons (Fsp3) is 0.538. The summed E-state index contributed by atoms with van der Waals surface area (Å²) in [7, 11) is 0. The smallest absolute Gasteiger partial charge is 0.119 e. The molecule has 3 nitrogen and oxygen atoms in total. The van der Waals surface area contributed by atoms with Crippen LogP contribution < -0.4 is 4.74 Å². The van der Waals surface area contributed by atoms with E-state index >= 15 is 0 Å². The van der Waals surface area contributed by atoms with Crippen LogP contribution >= 0.6 is 15.9 Å². The van der Waals surface area contributed by atoms with Crippen LogP contribution in [-0.4, -0.2) is 33.0 Å². The van der Waals surface area contributed by atoms with Gasteiger partial charge in [0.15, 0.2) is 0 Å². The maximum Gasteiger partial charge on any atom is 0.119 e. The van der Waals surface area contributed by atoms with Crippen molar-refractivity contribution in [3.8, 4) is 5.75 Å². The average molecular weight is 303 g/mol. The van der Waals surface area contributed by atoms with Crippen LogP contribution in [0.4, 0.5) is 0 Å². The Labute approximate surface area is 111 Å². The molecule has 0 amide bonds. The maximum atomic E-state index is 5.50. The van der Waals surface area contributed by atoms with Gasteiger partial charge in [-0.2, -0.15) is 0 Å². The van der Waals surface area contributed by atoms with Gasteiger partial charge in [0.25, 0.3) is 0 Å². The van der Waals surface area contributed by atoms with E-state index in [1.54, 1.807) is 0 Å². The molecule has 1 rings (SSSR count). The number of halogens is 1. The van der Waals surface area contributed by atoms with Crippen molar-refractivity contribution < 1.29 is 14.2 Å². The van der Waals surface area contributed by atoms with Crippen LogP contribution in [0.5, 0.6) is 5.75 Å². The highest BCUT2D eigenvalue weighted by Crippen LogP contribution is 2.15. The standard InChI is InChI=1S/C13H19BrO3/c1-2-7-15-8-9-16-10-11-17-13-5-3-12(14)4-6-13/h3-6H,2,7-11H2,1H3. The summed E-state index contributed by atoms with van der Waals surface area (Å²) in [6.07, 6.45) is 1.05. The summed E-state index contributed by atoms with van der Waals surface area (Å²) in [6.45, 7) is 5.34. The molecule has 0 fully saturated rings. The van der Waals surface area contributed by atoms with Crippen LogP contribution in [0, 0.1) is 0 Å². The van der Waals surface area contributed by atoms with Gasteiger partial charge in [0.05, 0.1) is 19.8 Å². The van der Waals surface area contributed by atoms with Crippen molar-refractivity contribution in [3.63, 3.8) is 0 Å². The van der Waals surface area contributed by atoms with Crippen molar-refractivity contribution in [1.82, 2.24) is 0 Å². The largest absolute Gasteiger partial charge is 0.491 e. The Bertz CT molecular complexity index is 287. The van der Waals surface area contributed by atoms with Crippen LogP contribution in [0.3, 0.4) is 0 Å². The van der Waals surface area contributed by atoms with Crippen LogP contribution in [0.25, 0.3) is 0 Å². The summed E-state index contributed by atoms with van der Waals surface area (Å²) in [4.78, 5) is 0. The molecule has 0 bridgehead atoms. The van der Waals surface area contributed by atoms with Gasteiger partial charge in [-0.25, -0.2) is 0 Å². The molecule has 0 unspecified atom stereocenters. The minimum Gasteiger partial charge on any atom is -0.491 e. The normalized spacial score (nSPS) is 10.5. The molecule has 0 N–H and O–H groups in total. The van der Waals surface area contributed by atoms with E-state index in [-0.39, 0.29) is 0 Å². The van der Waals surface area contributed by atoms with E-state index in [1.165, 1.54) is 0 Å². The van der Waals surface area contributed by atoms with Gasteiger partial charge >= 0.3 is 0 Å². The molecule has 0 spiro atoms. The van der Waals surface area contributed by atoms with Gasteiger partial charge in [-0.15, -0.1) is 0 Å². The van der Waals surface area contributed by atoms with Gasteiger partial charge < -0.3 is 14.2 Å². The predicted molar refractivity (Wildman–Crippen MR) is 71.6 cm³/mol. The first-order valence-corrected chi connectivity index (χ1v) is 6.66. The quantitative estimate of drug-likeness (QED) is 0.655. The van der Waals surface area contributed by atoms with Crippen LogP contribution in [0.15, 0.2) is 28.7 Å². The van der Waals surface area contributed by atoms with E-state index in [1.807, 2.05) is 24.3 Å². The van der Waals surface area contributed by atoms with Crippen molar-refractivity contribution in [1.29, 1.82) is 0 Å². The van der Waals surface area contributed by atoms with Crippen molar-refractivity contribution in [2.75, 3.05) is 33.0 Å². The summed E-state index contributed by atoms with van der Waals surface area (Å²) in [5, 5.41) is 0. The third-order valence-corrected chi connectivity index (χ3v) is 2.56. The topological polar surface area (TPSA) is 27.7 Å². The third-order valence-electron chi connectivity index (χ3n) is 2.03. The number of hydrogen-bond donors (Lipinski definition) is 0. The van der Waals surface area contributed by atoms with Crippen LogP contribution in [0.2, 0.25) is 0 Å². The molecule has 4 heteroatoms.